The first-order valence-corrected chi connectivity index (χ1v) is 44.1. The number of nitrogens with zero attached hydrogens (tertiary/aromatic N) is 4. The van der Waals surface area contributed by atoms with Crippen LogP contribution in [0, 0.1) is 0 Å². The lowest BCUT2D eigenvalue weighted by Gasteiger charge is -2.47. The highest BCUT2D eigenvalue weighted by atomic mass is 16.3. The molecule has 125 heavy (non-hydrogen) atoms. The minimum absolute atomic E-state index is 0.300. The Hall–Kier alpha value is -14.9. The number of furan rings is 2. The molecule has 0 aliphatic carbocycles. The Morgan fingerprint density at radius 3 is 0.928 bits per heavy atom. The van der Waals surface area contributed by atoms with Crippen molar-refractivity contribution >= 4 is 209 Å². The minimum atomic E-state index is -0.429. The Bertz CT molecular complexity index is 8230. The number of anilines is 6. The third-order valence-corrected chi connectivity index (χ3v) is 28.5. The standard InChI is InChI=1S/C118H83BN4O2/c1-116(2,3)72-58-87(66-26-12-10-13-27-66)112(89(60-72)85-42-24-40-83-77-34-16-18-44-101(77)124-114(83)85)122-97-64-75(120-93-54-46-68-30-20-36-79-80-37-21-31-69-47-55-94(120)108(104(69)80)107(93)103(68)79)50-52-91(97)119-92-53-51-76(121-95-56-48-70-32-22-38-81-82-39-23-33-71-49-57-96(121)110(106(71)82)109(95)105(70)81)65-98(92)123(100-63-74(118(7,8)9)62-99(122)111(100)119)113-88(67-28-14-11-15-29-67)59-73(117(4,5)6)61-90(113)86-43-25-41-84-78-35-17-19-45-102(78)125-115(84)86/h10-65H,1-9H3. The summed E-state index contributed by atoms with van der Waals surface area (Å²) in [4.78, 5) is 5.51. The summed E-state index contributed by atoms with van der Waals surface area (Å²) in [5, 5.41) is 24.8. The van der Waals surface area contributed by atoms with Crippen LogP contribution in [-0.2, 0) is 16.2 Å². The van der Waals surface area contributed by atoms with Crippen molar-refractivity contribution in [3.05, 3.63) is 356 Å². The predicted molar refractivity (Wildman–Crippen MR) is 531 cm³/mol. The van der Waals surface area contributed by atoms with Crippen molar-refractivity contribution < 1.29 is 8.83 Å². The number of hydrogen-bond acceptors (Lipinski definition) is 4. The van der Waals surface area contributed by atoms with E-state index in [9.17, 15) is 0 Å². The molecule has 0 amide bonds. The number of fused-ring (bicyclic) bond motifs is 12. The Balaban J connectivity index is 0.835. The van der Waals surface area contributed by atoms with Crippen molar-refractivity contribution in [2.24, 2.45) is 0 Å². The first-order valence-electron chi connectivity index (χ1n) is 44.1. The van der Waals surface area contributed by atoms with Crippen LogP contribution in [0.15, 0.2) is 349 Å². The van der Waals surface area contributed by atoms with Crippen LogP contribution in [-0.4, -0.2) is 15.8 Å². The van der Waals surface area contributed by atoms with Crippen LogP contribution in [0.2, 0.25) is 0 Å². The lowest BCUT2D eigenvalue weighted by Crippen LogP contribution is -2.61. The summed E-state index contributed by atoms with van der Waals surface area (Å²) in [6.45, 7) is 21.1. The molecule has 590 valence electrons. The second-order valence-electron chi connectivity index (χ2n) is 38.5. The van der Waals surface area contributed by atoms with Gasteiger partial charge in [-0.15, -0.1) is 0 Å². The van der Waals surface area contributed by atoms with Gasteiger partial charge in [0.25, 0.3) is 6.71 Å². The van der Waals surface area contributed by atoms with E-state index in [2.05, 4.69) is 421 Å². The molecule has 0 bridgehead atoms. The molecule has 21 aromatic carbocycles. The maximum atomic E-state index is 7.39. The average Bonchev–Trinajstić information content (AvgIpc) is 1.68. The van der Waals surface area contributed by atoms with Gasteiger partial charge in [0, 0.05) is 111 Å². The van der Waals surface area contributed by atoms with Gasteiger partial charge in [0.1, 0.15) is 22.3 Å². The lowest BCUT2D eigenvalue weighted by atomic mass is 9.33. The molecule has 0 saturated heterocycles. The monoisotopic (exact) mass is 1600 g/mol. The zero-order chi connectivity index (χ0) is 83.3. The van der Waals surface area contributed by atoms with E-state index in [1.165, 1.54) is 141 Å². The van der Waals surface area contributed by atoms with Crippen LogP contribution < -0.4 is 26.2 Å². The fourth-order valence-corrected chi connectivity index (χ4v) is 22.7. The van der Waals surface area contributed by atoms with Crippen LogP contribution in [0.3, 0.4) is 0 Å². The summed E-state index contributed by atoms with van der Waals surface area (Å²) in [5.41, 5.74) is 31.6. The fourth-order valence-electron chi connectivity index (χ4n) is 22.7. The quantitative estimate of drug-likeness (QED) is 0.0864. The SMILES string of the molecule is CC(C)(C)c1cc(-c2ccccc2)c(N2c3cc(-n4c5ccc6cccc7c8cccc9ccc4c(c98)c5c67)ccc3B3c4ccc(-n5c6ccc7cccc8c9cccc%10ccc5c(c%109)c6c78)cc4N(c4c(-c5ccccc5)cc(C(C)(C)C)cc4-c4cccc5c4oc4ccccc45)c4cc(C(C)(C)C)cc2c43)c(-c2cccc3c2oc2ccccc23)c1. The van der Waals surface area contributed by atoms with Gasteiger partial charge in [-0.2, -0.15) is 0 Å². The van der Waals surface area contributed by atoms with E-state index in [0.29, 0.717) is 0 Å². The first-order chi connectivity index (χ1) is 60.9. The highest BCUT2D eigenvalue weighted by Gasteiger charge is 2.47. The van der Waals surface area contributed by atoms with E-state index in [0.717, 1.165) is 134 Å². The van der Waals surface area contributed by atoms with E-state index in [4.69, 9.17) is 8.83 Å². The summed E-state index contributed by atoms with van der Waals surface area (Å²) in [6, 6.07) is 130. The number of hydrogen-bond donors (Lipinski definition) is 0. The minimum Gasteiger partial charge on any atom is -0.455 e. The molecule has 0 saturated carbocycles. The fraction of sp³-hybridized carbons (Fsp3) is 0.102. The third-order valence-electron chi connectivity index (χ3n) is 28.5. The molecule has 0 radical (unpaired) electrons. The highest BCUT2D eigenvalue weighted by Crippen LogP contribution is 2.59. The molecule has 6 heterocycles. The van der Waals surface area contributed by atoms with Gasteiger partial charge < -0.3 is 27.8 Å². The van der Waals surface area contributed by atoms with Crippen molar-refractivity contribution in [1.82, 2.24) is 9.13 Å². The predicted octanol–water partition coefficient (Wildman–Crippen LogP) is 31.0. The Labute approximate surface area is 723 Å². The molecule has 25 aromatic rings. The van der Waals surface area contributed by atoms with Gasteiger partial charge in [-0.3, -0.25) is 0 Å². The Morgan fingerprint density at radius 1 is 0.240 bits per heavy atom. The van der Waals surface area contributed by atoms with E-state index < -0.39 is 5.41 Å². The van der Waals surface area contributed by atoms with E-state index >= 15 is 0 Å². The second-order valence-corrected chi connectivity index (χ2v) is 38.5. The molecule has 2 aliphatic heterocycles. The highest BCUT2D eigenvalue weighted by molar-refractivity contribution is 7.00. The molecule has 27 rings (SSSR count). The van der Waals surface area contributed by atoms with Crippen molar-refractivity contribution in [2.45, 2.75) is 78.6 Å². The molecule has 6 nitrogen and oxygen atoms in total. The summed E-state index contributed by atoms with van der Waals surface area (Å²) < 4.78 is 20.0. The molecule has 0 fully saturated rings. The van der Waals surface area contributed by atoms with E-state index in [1.54, 1.807) is 0 Å². The van der Waals surface area contributed by atoms with Crippen molar-refractivity contribution in [3.63, 3.8) is 0 Å². The van der Waals surface area contributed by atoms with Crippen LogP contribution in [0.4, 0.5) is 34.1 Å². The smallest absolute Gasteiger partial charge is 0.252 e. The maximum Gasteiger partial charge on any atom is 0.252 e. The van der Waals surface area contributed by atoms with Gasteiger partial charge in [-0.05, 0) is 222 Å². The number of aromatic nitrogens is 2. The zero-order valence-corrected chi connectivity index (χ0v) is 71.0. The molecule has 0 N–H and O–H groups in total. The number of benzene rings is 21. The van der Waals surface area contributed by atoms with E-state index in [1.807, 2.05) is 0 Å². The Kier molecular flexibility index (Phi) is 14.1. The average molecular weight is 1600 g/mol. The van der Waals surface area contributed by atoms with Crippen molar-refractivity contribution in [3.8, 4) is 55.9 Å². The third kappa shape index (κ3) is 9.70. The Morgan fingerprint density at radius 2 is 0.560 bits per heavy atom. The van der Waals surface area contributed by atoms with Crippen LogP contribution in [0.25, 0.3) is 208 Å². The largest absolute Gasteiger partial charge is 0.455 e. The van der Waals surface area contributed by atoms with Crippen LogP contribution >= 0.6 is 0 Å². The molecule has 4 aromatic heterocycles. The number of para-hydroxylation sites is 4. The molecule has 7 heteroatoms. The zero-order valence-electron chi connectivity index (χ0n) is 71.0. The normalized spacial score (nSPS) is 13.4. The molecule has 0 atom stereocenters. The van der Waals surface area contributed by atoms with Crippen molar-refractivity contribution in [1.29, 1.82) is 0 Å². The topological polar surface area (TPSA) is 42.6 Å². The van der Waals surface area contributed by atoms with Gasteiger partial charge in [0.15, 0.2) is 0 Å². The summed E-state index contributed by atoms with van der Waals surface area (Å²) >= 11 is 0. The van der Waals surface area contributed by atoms with Crippen LogP contribution in [0.5, 0.6) is 0 Å². The van der Waals surface area contributed by atoms with Gasteiger partial charge in [-0.25, -0.2) is 0 Å². The maximum absolute atomic E-state index is 7.39. The first kappa shape index (κ1) is 70.7. The number of rotatable bonds is 8. The van der Waals surface area contributed by atoms with Crippen molar-refractivity contribution in [2.75, 3.05) is 9.80 Å². The van der Waals surface area contributed by atoms with E-state index in [-0.39, 0.29) is 17.5 Å². The molecular weight excluding hydrogens is 1520 g/mol. The van der Waals surface area contributed by atoms with Gasteiger partial charge in [0.2, 0.25) is 0 Å². The summed E-state index contributed by atoms with van der Waals surface area (Å²) in [5.74, 6) is 0. The molecule has 2 aliphatic rings. The lowest BCUT2D eigenvalue weighted by molar-refractivity contribution is 0.590. The summed E-state index contributed by atoms with van der Waals surface area (Å²) in [7, 11) is 0. The molecule has 0 unspecified atom stereocenters. The molecule has 0 spiro atoms. The second kappa shape index (κ2) is 24.9. The van der Waals surface area contributed by atoms with Gasteiger partial charge in [-0.1, -0.05) is 305 Å². The molecular formula is C118H83BN4O2. The van der Waals surface area contributed by atoms with Gasteiger partial charge >= 0.3 is 0 Å². The van der Waals surface area contributed by atoms with Gasteiger partial charge in [0.05, 0.1) is 33.4 Å². The summed E-state index contributed by atoms with van der Waals surface area (Å²) in [6.07, 6.45) is 0. The van der Waals surface area contributed by atoms with Crippen LogP contribution in [0.1, 0.15) is 79.0 Å².